The topological polar surface area (TPSA) is 41.6 Å². The van der Waals surface area contributed by atoms with E-state index in [0.717, 1.165) is 10.0 Å². The lowest BCUT2D eigenvalue weighted by molar-refractivity contribution is -0.113. The van der Waals surface area contributed by atoms with Crippen molar-refractivity contribution in [2.24, 2.45) is 0 Å². The first kappa shape index (κ1) is 15.7. The Morgan fingerprint density at radius 2 is 1.96 bits per heavy atom. The molecule has 1 aliphatic heterocycles. The largest absolute Gasteiger partial charge is 0.497 e. The van der Waals surface area contributed by atoms with Crippen molar-refractivity contribution in [1.29, 1.82) is 0 Å². The van der Waals surface area contributed by atoms with Crippen molar-refractivity contribution in [3.63, 3.8) is 0 Å². The summed E-state index contributed by atoms with van der Waals surface area (Å²) in [6.45, 7) is 0. The first-order valence-electron chi connectivity index (χ1n) is 6.85. The summed E-state index contributed by atoms with van der Waals surface area (Å²) >= 11 is 8.69. The first-order chi connectivity index (χ1) is 11.1. The summed E-state index contributed by atoms with van der Waals surface area (Å²) in [7, 11) is 1.58. The van der Waals surface area contributed by atoms with Crippen molar-refractivity contribution < 1.29 is 9.53 Å². The molecule has 0 aliphatic carbocycles. The molecule has 2 aromatic carbocycles. The van der Waals surface area contributed by atoms with Gasteiger partial charge in [-0.15, -0.1) is 0 Å². The van der Waals surface area contributed by atoms with Crippen LogP contribution in [0.5, 0.6) is 5.75 Å². The van der Waals surface area contributed by atoms with E-state index in [1.54, 1.807) is 19.3 Å². The normalized spacial score (nSPS) is 15.9. The number of carbonyl (C=O) groups is 1. The number of methoxy groups -OCH3 is 1. The molecule has 0 unspecified atom stereocenters. The zero-order chi connectivity index (χ0) is 16.4. The van der Waals surface area contributed by atoms with Crippen LogP contribution in [0.4, 0.5) is 5.69 Å². The molecule has 3 rings (SSSR count). The van der Waals surface area contributed by atoms with Gasteiger partial charge in [0, 0.05) is 10.5 Å². The molecule has 0 bridgehead atoms. The molecule has 6 heteroatoms. The van der Waals surface area contributed by atoms with Crippen LogP contribution in [0.15, 0.2) is 58.7 Å². The maximum Gasteiger partial charge on any atom is 0.281 e. The van der Waals surface area contributed by atoms with Gasteiger partial charge in [0.15, 0.2) is 5.11 Å². The molecule has 1 saturated heterocycles. The van der Waals surface area contributed by atoms with E-state index in [4.69, 9.17) is 17.0 Å². The van der Waals surface area contributed by atoms with Gasteiger partial charge in [-0.3, -0.25) is 9.69 Å². The van der Waals surface area contributed by atoms with Crippen molar-refractivity contribution in [3.05, 3.63) is 64.3 Å². The molecule has 4 nitrogen and oxygen atoms in total. The highest BCUT2D eigenvalue weighted by molar-refractivity contribution is 9.10. The average Bonchev–Trinajstić information content (AvgIpc) is 2.83. The van der Waals surface area contributed by atoms with E-state index >= 15 is 0 Å². The van der Waals surface area contributed by atoms with Gasteiger partial charge in [-0.05, 0) is 48.1 Å². The number of halogens is 1. The van der Waals surface area contributed by atoms with E-state index in [0.29, 0.717) is 22.2 Å². The summed E-state index contributed by atoms with van der Waals surface area (Å²) in [6, 6.07) is 14.9. The van der Waals surface area contributed by atoms with Gasteiger partial charge >= 0.3 is 0 Å². The summed E-state index contributed by atoms with van der Waals surface area (Å²) < 4.78 is 6.18. The first-order valence-corrected chi connectivity index (χ1v) is 8.05. The fourth-order valence-corrected chi connectivity index (χ4v) is 2.81. The Bertz CT molecular complexity index is 802. The van der Waals surface area contributed by atoms with E-state index in [1.807, 2.05) is 42.5 Å². The number of thiocarbonyl (C=S) groups is 1. The van der Waals surface area contributed by atoms with Crippen molar-refractivity contribution >= 4 is 50.9 Å². The molecule has 0 spiro atoms. The second-order valence-corrected chi connectivity index (χ2v) is 6.18. The Morgan fingerprint density at radius 1 is 1.22 bits per heavy atom. The molecule has 1 fully saturated rings. The zero-order valence-electron chi connectivity index (χ0n) is 12.2. The minimum Gasteiger partial charge on any atom is -0.497 e. The quantitative estimate of drug-likeness (QED) is 0.642. The molecule has 2 aromatic rings. The van der Waals surface area contributed by atoms with Crippen LogP contribution in [0.1, 0.15) is 5.56 Å². The Balaban J connectivity index is 1.91. The Labute approximate surface area is 147 Å². The van der Waals surface area contributed by atoms with Gasteiger partial charge < -0.3 is 10.1 Å². The summed E-state index contributed by atoms with van der Waals surface area (Å²) in [5.74, 6) is 0.481. The van der Waals surface area contributed by atoms with Crippen LogP contribution in [0.2, 0.25) is 0 Å². The Kier molecular flexibility index (Phi) is 4.45. The van der Waals surface area contributed by atoms with Gasteiger partial charge in [-0.25, -0.2) is 0 Å². The maximum atomic E-state index is 12.6. The monoisotopic (exact) mass is 388 g/mol. The highest BCUT2D eigenvalue weighted by Crippen LogP contribution is 2.26. The molecular weight excluding hydrogens is 376 g/mol. The molecule has 1 heterocycles. The highest BCUT2D eigenvalue weighted by atomic mass is 79.9. The number of hydrogen-bond donors (Lipinski definition) is 1. The predicted molar refractivity (Wildman–Crippen MR) is 98.3 cm³/mol. The number of carbonyl (C=O) groups excluding carboxylic acids is 1. The van der Waals surface area contributed by atoms with E-state index in [9.17, 15) is 4.79 Å². The number of nitrogens with zero attached hydrogens (tertiary/aromatic N) is 1. The smallest absolute Gasteiger partial charge is 0.281 e. The van der Waals surface area contributed by atoms with Gasteiger partial charge in [0.25, 0.3) is 5.91 Å². The van der Waals surface area contributed by atoms with Crippen LogP contribution in [-0.4, -0.2) is 18.1 Å². The Morgan fingerprint density at radius 3 is 2.65 bits per heavy atom. The zero-order valence-corrected chi connectivity index (χ0v) is 14.6. The summed E-state index contributed by atoms with van der Waals surface area (Å²) in [5, 5.41) is 3.32. The lowest BCUT2D eigenvalue weighted by Gasteiger charge is -2.14. The third-order valence-corrected chi connectivity index (χ3v) is 4.18. The van der Waals surface area contributed by atoms with E-state index in [-0.39, 0.29) is 5.91 Å². The van der Waals surface area contributed by atoms with Gasteiger partial charge in [-0.1, -0.05) is 34.1 Å². The number of hydrogen-bond acceptors (Lipinski definition) is 3. The minimum absolute atomic E-state index is 0.189. The molecule has 0 aromatic heterocycles. The molecule has 1 amide bonds. The summed E-state index contributed by atoms with van der Waals surface area (Å²) in [5.41, 5.74) is 2.03. The van der Waals surface area contributed by atoms with Crippen LogP contribution in [0, 0.1) is 0 Å². The number of ether oxygens (including phenoxy) is 1. The van der Waals surface area contributed by atoms with Gasteiger partial charge in [0.1, 0.15) is 11.4 Å². The van der Waals surface area contributed by atoms with Crippen molar-refractivity contribution in [1.82, 2.24) is 5.32 Å². The van der Waals surface area contributed by atoms with Crippen molar-refractivity contribution in [2.45, 2.75) is 0 Å². The van der Waals surface area contributed by atoms with Crippen LogP contribution in [-0.2, 0) is 4.79 Å². The van der Waals surface area contributed by atoms with E-state index in [2.05, 4.69) is 21.2 Å². The highest BCUT2D eigenvalue weighted by Gasteiger charge is 2.32. The number of nitrogens with one attached hydrogen (secondary N) is 1. The van der Waals surface area contributed by atoms with E-state index in [1.165, 1.54) is 4.90 Å². The fourth-order valence-electron chi connectivity index (χ4n) is 2.24. The standard InChI is InChI=1S/C17H13BrN2O2S/c1-22-14-4-2-3-13(10-14)20-16(21)15(19-17(20)23)9-11-5-7-12(18)8-6-11/h2-10H,1H3,(H,19,23). The molecule has 23 heavy (non-hydrogen) atoms. The minimum atomic E-state index is -0.189. The number of anilines is 1. The van der Waals surface area contributed by atoms with Gasteiger partial charge in [0.2, 0.25) is 0 Å². The maximum absolute atomic E-state index is 12.6. The fraction of sp³-hybridized carbons (Fsp3) is 0.0588. The summed E-state index contributed by atoms with van der Waals surface area (Å²) in [4.78, 5) is 14.1. The number of amides is 1. The molecule has 116 valence electrons. The third kappa shape index (κ3) is 3.28. The molecule has 1 N–H and O–H groups in total. The van der Waals surface area contributed by atoms with Crippen LogP contribution >= 0.6 is 28.1 Å². The van der Waals surface area contributed by atoms with Gasteiger partial charge in [-0.2, -0.15) is 0 Å². The lowest BCUT2D eigenvalue weighted by atomic mass is 10.2. The van der Waals surface area contributed by atoms with Crippen molar-refractivity contribution in [2.75, 3.05) is 12.0 Å². The third-order valence-electron chi connectivity index (χ3n) is 3.37. The SMILES string of the molecule is COc1cccc(N2C(=O)C(=Cc3ccc(Br)cc3)NC2=S)c1. The Hall–Kier alpha value is -2.18. The second-order valence-electron chi connectivity index (χ2n) is 4.88. The molecule has 0 saturated carbocycles. The second kappa shape index (κ2) is 6.52. The number of rotatable bonds is 3. The lowest BCUT2D eigenvalue weighted by Crippen LogP contribution is -2.30. The summed E-state index contributed by atoms with van der Waals surface area (Å²) in [6.07, 6.45) is 1.78. The molecule has 0 atom stereocenters. The van der Waals surface area contributed by atoms with E-state index < -0.39 is 0 Å². The molecular formula is C17H13BrN2O2S. The predicted octanol–water partition coefficient (Wildman–Crippen LogP) is 3.72. The van der Waals surface area contributed by atoms with Crippen LogP contribution in [0.3, 0.4) is 0 Å². The number of benzene rings is 2. The molecule has 0 radical (unpaired) electrons. The van der Waals surface area contributed by atoms with Gasteiger partial charge in [0.05, 0.1) is 12.8 Å². The van der Waals surface area contributed by atoms with Crippen LogP contribution < -0.4 is 15.0 Å². The average molecular weight is 389 g/mol. The molecule has 1 aliphatic rings. The van der Waals surface area contributed by atoms with Crippen LogP contribution in [0.25, 0.3) is 6.08 Å². The van der Waals surface area contributed by atoms with Crippen molar-refractivity contribution in [3.8, 4) is 5.75 Å².